The molecule has 7 nitrogen and oxygen atoms in total. The summed E-state index contributed by atoms with van der Waals surface area (Å²) in [6.07, 6.45) is -2.59. The topological polar surface area (TPSA) is 82.5 Å². The number of amides is 1. The second-order valence-corrected chi connectivity index (χ2v) is 5.55. The smallest absolute Gasteiger partial charge is 0.395 e. The zero-order valence-corrected chi connectivity index (χ0v) is 13.1. The SMILES string of the molecule is O=C(Cn1c(=O)cnc2ccccc21)Nc1ccc2c(c1)OC(F)(F)O2. The van der Waals surface area contributed by atoms with E-state index in [1.54, 1.807) is 24.3 Å². The Hall–Kier alpha value is -3.49. The van der Waals surface area contributed by atoms with Crippen molar-refractivity contribution in [3.8, 4) is 11.5 Å². The Morgan fingerprint density at radius 1 is 1.15 bits per heavy atom. The number of nitrogens with one attached hydrogen (secondary N) is 1. The first-order chi connectivity index (χ1) is 12.4. The van der Waals surface area contributed by atoms with Crippen molar-refractivity contribution in [1.29, 1.82) is 0 Å². The number of halogens is 2. The summed E-state index contributed by atoms with van der Waals surface area (Å²) in [5, 5.41) is 2.54. The highest BCUT2D eigenvalue weighted by Gasteiger charge is 2.43. The Balaban J connectivity index is 1.56. The molecule has 0 spiro atoms. The molecule has 1 amide bonds. The molecular formula is C17H11F2N3O4. The summed E-state index contributed by atoms with van der Waals surface area (Å²) in [5.74, 6) is -0.808. The molecule has 0 radical (unpaired) electrons. The highest BCUT2D eigenvalue weighted by atomic mass is 19.3. The van der Waals surface area contributed by atoms with Gasteiger partial charge in [0, 0.05) is 11.8 Å². The molecule has 1 N–H and O–H groups in total. The van der Waals surface area contributed by atoms with Gasteiger partial charge in [0.15, 0.2) is 11.5 Å². The number of hydrogen-bond donors (Lipinski definition) is 1. The summed E-state index contributed by atoms with van der Waals surface area (Å²) in [5.41, 5.74) is 0.899. The lowest BCUT2D eigenvalue weighted by atomic mass is 10.2. The monoisotopic (exact) mass is 359 g/mol. The average molecular weight is 359 g/mol. The van der Waals surface area contributed by atoms with E-state index in [9.17, 15) is 18.4 Å². The van der Waals surface area contributed by atoms with Gasteiger partial charge in [0.2, 0.25) is 5.91 Å². The molecule has 0 aliphatic carbocycles. The lowest BCUT2D eigenvalue weighted by Crippen LogP contribution is -2.28. The largest absolute Gasteiger partial charge is 0.586 e. The molecule has 3 aromatic rings. The van der Waals surface area contributed by atoms with Crippen molar-refractivity contribution in [2.24, 2.45) is 0 Å². The van der Waals surface area contributed by atoms with E-state index in [1.807, 2.05) is 0 Å². The van der Waals surface area contributed by atoms with Crippen molar-refractivity contribution < 1.29 is 23.0 Å². The first-order valence-electron chi connectivity index (χ1n) is 7.56. The molecule has 0 saturated carbocycles. The van der Waals surface area contributed by atoms with Crippen LogP contribution >= 0.6 is 0 Å². The van der Waals surface area contributed by atoms with Gasteiger partial charge in [-0.15, -0.1) is 8.78 Å². The first kappa shape index (κ1) is 16.0. The molecule has 0 atom stereocenters. The summed E-state index contributed by atoms with van der Waals surface area (Å²) in [7, 11) is 0. The van der Waals surface area contributed by atoms with Crippen molar-refractivity contribution in [2.45, 2.75) is 12.8 Å². The van der Waals surface area contributed by atoms with Crippen LogP contribution in [-0.4, -0.2) is 21.8 Å². The van der Waals surface area contributed by atoms with Gasteiger partial charge < -0.3 is 14.8 Å². The zero-order valence-electron chi connectivity index (χ0n) is 13.1. The maximum absolute atomic E-state index is 13.0. The Labute approximate surface area is 144 Å². The average Bonchev–Trinajstić information content (AvgIpc) is 2.90. The third kappa shape index (κ3) is 2.94. The van der Waals surface area contributed by atoms with Gasteiger partial charge in [-0.1, -0.05) is 12.1 Å². The van der Waals surface area contributed by atoms with Crippen LogP contribution in [0.2, 0.25) is 0 Å². The molecule has 0 bridgehead atoms. The van der Waals surface area contributed by atoms with Crippen molar-refractivity contribution in [3.63, 3.8) is 0 Å². The molecule has 26 heavy (non-hydrogen) atoms. The van der Waals surface area contributed by atoms with E-state index < -0.39 is 17.8 Å². The van der Waals surface area contributed by atoms with Crippen LogP contribution in [0.15, 0.2) is 53.5 Å². The molecule has 0 fully saturated rings. The summed E-state index contributed by atoms with van der Waals surface area (Å²) < 4.78 is 36.0. The van der Waals surface area contributed by atoms with Crippen molar-refractivity contribution >= 4 is 22.6 Å². The Bertz CT molecular complexity index is 1080. The van der Waals surface area contributed by atoms with E-state index in [2.05, 4.69) is 19.8 Å². The molecular weight excluding hydrogens is 348 g/mol. The van der Waals surface area contributed by atoms with Gasteiger partial charge in [0.1, 0.15) is 6.54 Å². The molecule has 4 rings (SSSR count). The number of benzene rings is 2. The number of rotatable bonds is 3. The predicted octanol–water partition coefficient (Wildman–Crippen LogP) is 2.36. The third-order valence-electron chi connectivity index (χ3n) is 3.74. The first-order valence-corrected chi connectivity index (χ1v) is 7.56. The number of anilines is 1. The number of hydrogen-bond acceptors (Lipinski definition) is 5. The lowest BCUT2D eigenvalue weighted by Gasteiger charge is -2.10. The Morgan fingerprint density at radius 2 is 1.92 bits per heavy atom. The minimum atomic E-state index is -3.73. The highest BCUT2D eigenvalue weighted by Crippen LogP contribution is 2.42. The Kier molecular flexibility index (Phi) is 3.57. The number of aromatic nitrogens is 2. The molecule has 2 aromatic carbocycles. The quantitative estimate of drug-likeness (QED) is 0.776. The number of fused-ring (bicyclic) bond motifs is 2. The van der Waals surface area contributed by atoms with Gasteiger partial charge in [-0.3, -0.25) is 14.2 Å². The van der Waals surface area contributed by atoms with Gasteiger partial charge in [-0.2, -0.15) is 0 Å². The number of nitrogens with zero attached hydrogens (tertiary/aromatic N) is 2. The summed E-state index contributed by atoms with van der Waals surface area (Å²) in [4.78, 5) is 28.4. The maximum Gasteiger partial charge on any atom is 0.586 e. The standard InChI is InChI=1S/C17H11F2N3O4/c18-17(19)25-13-6-5-10(7-14(13)26-17)21-15(23)9-22-12-4-2-1-3-11(12)20-8-16(22)24/h1-8H,9H2,(H,21,23). The fourth-order valence-electron chi connectivity index (χ4n) is 2.65. The minimum Gasteiger partial charge on any atom is -0.395 e. The van der Waals surface area contributed by atoms with Crippen LogP contribution in [0.1, 0.15) is 0 Å². The van der Waals surface area contributed by atoms with E-state index in [1.165, 1.54) is 22.8 Å². The second-order valence-electron chi connectivity index (χ2n) is 5.55. The summed E-state index contributed by atoms with van der Waals surface area (Å²) >= 11 is 0. The number of ether oxygens (including phenoxy) is 2. The van der Waals surface area contributed by atoms with Gasteiger partial charge in [0.25, 0.3) is 5.56 Å². The van der Waals surface area contributed by atoms with E-state index in [0.29, 0.717) is 11.0 Å². The zero-order chi connectivity index (χ0) is 18.3. The molecule has 132 valence electrons. The van der Waals surface area contributed by atoms with Crippen LogP contribution < -0.4 is 20.3 Å². The summed E-state index contributed by atoms with van der Waals surface area (Å²) in [6.45, 7) is -0.257. The van der Waals surface area contributed by atoms with Crippen molar-refractivity contribution in [2.75, 3.05) is 5.32 Å². The van der Waals surface area contributed by atoms with Crippen LogP contribution in [0.5, 0.6) is 11.5 Å². The van der Waals surface area contributed by atoms with Gasteiger partial charge in [-0.25, -0.2) is 4.98 Å². The van der Waals surface area contributed by atoms with Crippen LogP contribution in [0, 0.1) is 0 Å². The summed E-state index contributed by atoms with van der Waals surface area (Å²) in [6, 6.07) is 10.8. The lowest BCUT2D eigenvalue weighted by molar-refractivity contribution is -0.286. The number of carbonyl (C=O) groups is 1. The molecule has 0 unspecified atom stereocenters. The molecule has 1 aliphatic heterocycles. The van der Waals surface area contributed by atoms with Gasteiger partial charge in [0.05, 0.1) is 17.2 Å². The van der Waals surface area contributed by atoms with Crippen LogP contribution in [0.25, 0.3) is 11.0 Å². The second kappa shape index (κ2) is 5.80. The van der Waals surface area contributed by atoms with E-state index in [0.717, 1.165) is 6.20 Å². The molecule has 9 heteroatoms. The molecule has 1 aromatic heterocycles. The Morgan fingerprint density at radius 3 is 2.77 bits per heavy atom. The molecule has 0 saturated heterocycles. The number of para-hydroxylation sites is 2. The normalized spacial score (nSPS) is 14.4. The fourth-order valence-corrected chi connectivity index (χ4v) is 2.65. The number of carbonyl (C=O) groups excluding carboxylic acids is 1. The van der Waals surface area contributed by atoms with E-state index in [4.69, 9.17) is 0 Å². The third-order valence-corrected chi connectivity index (χ3v) is 3.74. The highest BCUT2D eigenvalue weighted by molar-refractivity contribution is 5.91. The number of alkyl halides is 2. The van der Waals surface area contributed by atoms with Crippen LogP contribution in [0.3, 0.4) is 0 Å². The van der Waals surface area contributed by atoms with Crippen LogP contribution in [-0.2, 0) is 11.3 Å². The fraction of sp³-hybridized carbons (Fsp3) is 0.118. The van der Waals surface area contributed by atoms with Gasteiger partial charge >= 0.3 is 6.29 Å². The van der Waals surface area contributed by atoms with E-state index in [-0.39, 0.29) is 23.7 Å². The van der Waals surface area contributed by atoms with Crippen molar-refractivity contribution in [3.05, 3.63) is 59.0 Å². The van der Waals surface area contributed by atoms with Gasteiger partial charge in [-0.05, 0) is 24.3 Å². The molecule has 2 heterocycles. The van der Waals surface area contributed by atoms with Crippen molar-refractivity contribution in [1.82, 2.24) is 9.55 Å². The van der Waals surface area contributed by atoms with Crippen LogP contribution in [0.4, 0.5) is 14.5 Å². The maximum atomic E-state index is 13.0. The predicted molar refractivity (Wildman–Crippen MR) is 87.3 cm³/mol. The molecule has 1 aliphatic rings. The van der Waals surface area contributed by atoms with E-state index >= 15 is 0 Å². The minimum absolute atomic E-state index is 0.121.